The highest BCUT2D eigenvalue weighted by molar-refractivity contribution is 5.73. The Morgan fingerprint density at radius 2 is 1.79 bits per heavy atom. The van der Waals surface area contributed by atoms with Gasteiger partial charge in [-0.2, -0.15) is 0 Å². The molecule has 1 aliphatic rings. The minimum absolute atomic E-state index is 0.159. The van der Waals surface area contributed by atoms with E-state index in [1.807, 2.05) is 0 Å². The van der Waals surface area contributed by atoms with Crippen LogP contribution in [0.2, 0.25) is 0 Å². The molecule has 0 aromatic heterocycles. The lowest BCUT2D eigenvalue weighted by atomic mass is 10.2. The summed E-state index contributed by atoms with van der Waals surface area (Å²) in [4.78, 5) is 24.0. The average Bonchev–Trinajstić information content (AvgIpc) is 2.39. The number of rotatable bonds is 8. The highest BCUT2D eigenvalue weighted by Crippen LogP contribution is 1.93. The lowest BCUT2D eigenvalue weighted by Gasteiger charge is -2.27. The zero-order chi connectivity index (χ0) is 13.9. The van der Waals surface area contributed by atoms with Crippen molar-refractivity contribution in [3.8, 4) is 0 Å². The zero-order valence-corrected chi connectivity index (χ0v) is 11.3. The van der Waals surface area contributed by atoms with Gasteiger partial charge in [-0.1, -0.05) is 0 Å². The van der Waals surface area contributed by atoms with Crippen molar-refractivity contribution in [2.45, 2.75) is 19.3 Å². The summed E-state index contributed by atoms with van der Waals surface area (Å²) in [6, 6.07) is -0.176. The van der Waals surface area contributed by atoms with Gasteiger partial charge in [0.05, 0.1) is 0 Å². The van der Waals surface area contributed by atoms with E-state index >= 15 is 0 Å². The predicted octanol–water partition coefficient (Wildman–Crippen LogP) is -0.554. The van der Waals surface area contributed by atoms with Gasteiger partial charge in [0, 0.05) is 52.2 Å². The van der Waals surface area contributed by atoms with Crippen LogP contribution in [0.4, 0.5) is 4.79 Å². The van der Waals surface area contributed by atoms with E-state index in [4.69, 9.17) is 5.11 Å². The van der Waals surface area contributed by atoms with Crippen molar-refractivity contribution >= 4 is 12.0 Å². The summed E-state index contributed by atoms with van der Waals surface area (Å²) in [6.07, 6.45) is 1.44. The number of aliphatic carboxylic acids is 1. The van der Waals surface area contributed by atoms with Crippen LogP contribution >= 0.6 is 0 Å². The maximum atomic E-state index is 11.4. The van der Waals surface area contributed by atoms with Gasteiger partial charge in [-0.05, 0) is 12.8 Å². The quantitative estimate of drug-likeness (QED) is 0.445. The Kier molecular flexibility index (Phi) is 7.92. The molecule has 0 aliphatic carbocycles. The fourth-order valence-electron chi connectivity index (χ4n) is 1.93. The molecule has 1 heterocycles. The highest BCUT2D eigenvalue weighted by atomic mass is 16.4. The molecule has 0 radical (unpaired) electrons. The fourth-order valence-corrected chi connectivity index (χ4v) is 1.93. The minimum atomic E-state index is -0.791. The average molecular weight is 272 g/mol. The lowest BCUT2D eigenvalue weighted by Crippen LogP contribution is -2.47. The first-order valence-electron chi connectivity index (χ1n) is 6.85. The number of hydrogen-bond donors (Lipinski definition) is 4. The molecule has 0 spiro atoms. The third kappa shape index (κ3) is 8.39. The molecule has 0 bridgehead atoms. The van der Waals surface area contributed by atoms with Crippen molar-refractivity contribution in [3.63, 3.8) is 0 Å². The third-order valence-electron chi connectivity index (χ3n) is 3.03. The monoisotopic (exact) mass is 272 g/mol. The standard InChI is InChI=1S/C12H24N4O3/c17-11(18)3-1-2-4-14-12(19)15-7-10-16-8-5-13-6-9-16/h13H,1-10H2,(H,17,18)(H2,14,15,19). The van der Waals surface area contributed by atoms with E-state index in [-0.39, 0.29) is 12.5 Å². The van der Waals surface area contributed by atoms with E-state index in [2.05, 4.69) is 20.9 Å². The summed E-state index contributed by atoms with van der Waals surface area (Å²) in [6.45, 7) is 6.10. The molecule has 4 N–H and O–H groups in total. The number of nitrogens with one attached hydrogen (secondary N) is 3. The second kappa shape index (κ2) is 9.57. The van der Waals surface area contributed by atoms with E-state index in [1.165, 1.54) is 0 Å². The molecular formula is C12H24N4O3. The molecule has 0 atom stereocenters. The van der Waals surface area contributed by atoms with Gasteiger partial charge in [0.15, 0.2) is 0 Å². The Balaban J connectivity index is 1.91. The molecule has 1 fully saturated rings. The van der Waals surface area contributed by atoms with Crippen LogP contribution < -0.4 is 16.0 Å². The van der Waals surface area contributed by atoms with Crippen molar-refractivity contribution in [2.75, 3.05) is 45.8 Å². The molecule has 1 saturated heterocycles. The summed E-state index contributed by atoms with van der Waals surface area (Å²) in [5, 5.41) is 17.3. The van der Waals surface area contributed by atoms with E-state index in [0.29, 0.717) is 25.9 Å². The summed E-state index contributed by atoms with van der Waals surface area (Å²) >= 11 is 0. The van der Waals surface area contributed by atoms with Crippen molar-refractivity contribution in [2.24, 2.45) is 0 Å². The van der Waals surface area contributed by atoms with Gasteiger partial charge in [0.25, 0.3) is 0 Å². The van der Waals surface area contributed by atoms with Crippen LogP contribution in [-0.2, 0) is 4.79 Å². The van der Waals surface area contributed by atoms with Gasteiger partial charge in [0.2, 0.25) is 0 Å². The largest absolute Gasteiger partial charge is 0.481 e. The number of unbranched alkanes of at least 4 members (excludes halogenated alkanes) is 1. The Bertz CT molecular complexity index is 280. The van der Waals surface area contributed by atoms with Crippen LogP contribution in [0, 0.1) is 0 Å². The van der Waals surface area contributed by atoms with Gasteiger partial charge in [-0.25, -0.2) is 4.79 Å². The van der Waals surface area contributed by atoms with Crippen LogP contribution in [0.15, 0.2) is 0 Å². The van der Waals surface area contributed by atoms with Gasteiger partial charge in [-0.15, -0.1) is 0 Å². The number of nitrogens with zero attached hydrogens (tertiary/aromatic N) is 1. The van der Waals surface area contributed by atoms with Crippen LogP contribution in [0.25, 0.3) is 0 Å². The number of urea groups is 1. The third-order valence-corrected chi connectivity index (χ3v) is 3.03. The van der Waals surface area contributed by atoms with Gasteiger partial charge >= 0.3 is 12.0 Å². The molecule has 7 heteroatoms. The number of piperazine rings is 1. The van der Waals surface area contributed by atoms with Crippen LogP contribution in [0.3, 0.4) is 0 Å². The molecule has 110 valence electrons. The Labute approximate surface area is 113 Å². The van der Waals surface area contributed by atoms with Crippen molar-refractivity contribution < 1.29 is 14.7 Å². The lowest BCUT2D eigenvalue weighted by molar-refractivity contribution is -0.137. The molecule has 0 saturated carbocycles. The molecule has 0 unspecified atom stereocenters. The SMILES string of the molecule is O=C(O)CCCCNC(=O)NCCN1CCNCC1. The molecule has 0 aromatic carbocycles. The molecule has 7 nitrogen and oxygen atoms in total. The van der Waals surface area contributed by atoms with Gasteiger partial charge in [-0.3, -0.25) is 9.69 Å². The maximum Gasteiger partial charge on any atom is 0.314 e. The zero-order valence-electron chi connectivity index (χ0n) is 11.3. The molecule has 1 rings (SSSR count). The van der Waals surface area contributed by atoms with E-state index in [0.717, 1.165) is 32.7 Å². The van der Waals surface area contributed by atoms with Crippen molar-refractivity contribution in [1.82, 2.24) is 20.9 Å². The second-order valence-corrected chi connectivity index (χ2v) is 4.63. The van der Waals surface area contributed by atoms with Crippen molar-refractivity contribution in [3.05, 3.63) is 0 Å². The summed E-state index contributed by atoms with van der Waals surface area (Å²) in [5.74, 6) is -0.791. The fraction of sp³-hybridized carbons (Fsp3) is 0.833. The Hall–Kier alpha value is -1.34. The number of amides is 2. The number of carbonyl (C=O) groups excluding carboxylic acids is 1. The number of hydrogen-bond acceptors (Lipinski definition) is 4. The van der Waals surface area contributed by atoms with Gasteiger partial charge < -0.3 is 21.1 Å². The van der Waals surface area contributed by atoms with E-state index in [1.54, 1.807) is 0 Å². The van der Waals surface area contributed by atoms with Crippen LogP contribution in [-0.4, -0.2) is 67.8 Å². The number of carboxylic acids is 1. The van der Waals surface area contributed by atoms with E-state index in [9.17, 15) is 9.59 Å². The first kappa shape index (κ1) is 15.7. The summed E-state index contributed by atoms with van der Waals surface area (Å²) < 4.78 is 0. The molecule has 2 amide bonds. The smallest absolute Gasteiger partial charge is 0.314 e. The number of carboxylic acid groups (broad SMARTS) is 1. The maximum absolute atomic E-state index is 11.4. The van der Waals surface area contributed by atoms with Crippen LogP contribution in [0.5, 0.6) is 0 Å². The van der Waals surface area contributed by atoms with Crippen LogP contribution in [0.1, 0.15) is 19.3 Å². The number of carbonyl (C=O) groups is 2. The van der Waals surface area contributed by atoms with E-state index < -0.39 is 5.97 Å². The Morgan fingerprint density at radius 3 is 2.47 bits per heavy atom. The summed E-state index contributed by atoms with van der Waals surface area (Å²) in [5.41, 5.74) is 0. The van der Waals surface area contributed by atoms with Crippen molar-refractivity contribution in [1.29, 1.82) is 0 Å². The molecule has 19 heavy (non-hydrogen) atoms. The van der Waals surface area contributed by atoms with Gasteiger partial charge in [0.1, 0.15) is 0 Å². The molecular weight excluding hydrogens is 248 g/mol. The molecule has 1 aliphatic heterocycles. The summed E-state index contributed by atoms with van der Waals surface area (Å²) in [7, 11) is 0. The Morgan fingerprint density at radius 1 is 1.11 bits per heavy atom. The minimum Gasteiger partial charge on any atom is -0.481 e. The first-order chi connectivity index (χ1) is 9.18. The topological polar surface area (TPSA) is 93.7 Å². The normalized spacial score (nSPS) is 16.0. The second-order valence-electron chi connectivity index (χ2n) is 4.63. The molecule has 0 aromatic rings. The highest BCUT2D eigenvalue weighted by Gasteiger charge is 2.08. The first-order valence-corrected chi connectivity index (χ1v) is 6.85. The predicted molar refractivity (Wildman–Crippen MR) is 72.2 cm³/mol.